The zero-order chi connectivity index (χ0) is 16.9. The summed E-state index contributed by atoms with van der Waals surface area (Å²) in [5.41, 5.74) is 2.48. The second-order valence-electron chi connectivity index (χ2n) is 5.29. The Hall–Kier alpha value is -2.05. The van der Waals surface area contributed by atoms with Gasteiger partial charge < -0.3 is 14.8 Å². The van der Waals surface area contributed by atoms with Crippen LogP contribution in [0.4, 0.5) is 4.39 Å². The SMILES string of the molecule is CN=C(NC)SCc1cc(F)cc2c1O[C@H](c1ccccc1)OC2. The Morgan fingerprint density at radius 1 is 1.33 bits per heavy atom. The summed E-state index contributed by atoms with van der Waals surface area (Å²) in [4.78, 5) is 4.13. The van der Waals surface area contributed by atoms with E-state index in [9.17, 15) is 4.39 Å². The molecule has 4 nitrogen and oxygen atoms in total. The van der Waals surface area contributed by atoms with Crippen molar-refractivity contribution in [3.8, 4) is 5.75 Å². The van der Waals surface area contributed by atoms with E-state index in [-0.39, 0.29) is 5.82 Å². The number of aliphatic imine (C=N–C) groups is 1. The van der Waals surface area contributed by atoms with Crippen molar-refractivity contribution in [2.24, 2.45) is 4.99 Å². The third kappa shape index (κ3) is 3.71. The standard InChI is InChI=1S/C18H19FN2O2S/c1-20-18(21-2)24-11-14-9-15(19)8-13-10-22-17(23-16(13)14)12-6-4-3-5-7-12/h3-9,17H,10-11H2,1-2H3,(H,20,21)/t17-/m1/s1. The summed E-state index contributed by atoms with van der Waals surface area (Å²) < 4.78 is 25.7. The number of ether oxygens (including phenoxy) is 2. The van der Waals surface area contributed by atoms with Gasteiger partial charge in [0.1, 0.15) is 11.6 Å². The van der Waals surface area contributed by atoms with Gasteiger partial charge in [0.2, 0.25) is 6.29 Å². The summed E-state index contributed by atoms with van der Waals surface area (Å²) in [6.07, 6.45) is -0.475. The minimum Gasteiger partial charge on any atom is -0.460 e. The van der Waals surface area contributed by atoms with Crippen LogP contribution >= 0.6 is 11.8 Å². The number of hydrogen-bond donors (Lipinski definition) is 1. The fourth-order valence-corrected chi connectivity index (χ4v) is 3.33. The second kappa shape index (κ2) is 7.68. The molecule has 0 saturated heterocycles. The molecule has 1 aliphatic heterocycles. The Morgan fingerprint density at radius 2 is 2.12 bits per heavy atom. The van der Waals surface area contributed by atoms with Gasteiger partial charge in [-0.2, -0.15) is 0 Å². The predicted octanol–water partition coefficient (Wildman–Crippen LogP) is 3.87. The summed E-state index contributed by atoms with van der Waals surface area (Å²) in [5.74, 6) is 0.986. The van der Waals surface area contributed by atoms with Crippen molar-refractivity contribution in [2.75, 3.05) is 14.1 Å². The summed E-state index contributed by atoms with van der Waals surface area (Å²) >= 11 is 1.50. The number of hydrogen-bond acceptors (Lipinski definition) is 4. The van der Waals surface area contributed by atoms with Crippen LogP contribution in [0, 0.1) is 5.82 Å². The summed E-state index contributed by atoms with van der Waals surface area (Å²) in [7, 11) is 3.53. The third-order valence-electron chi connectivity index (χ3n) is 3.68. The molecular weight excluding hydrogens is 327 g/mol. The van der Waals surface area contributed by atoms with Crippen molar-refractivity contribution in [1.29, 1.82) is 0 Å². The molecule has 1 heterocycles. The number of benzene rings is 2. The van der Waals surface area contributed by atoms with E-state index in [2.05, 4.69) is 10.3 Å². The Labute approximate surface area is 145 Å². The number of halogens is 1. The molecule has 1 N–H and O–H groups in total. The van der Waals surface area contributed by atoms with Crippen LogP contribution in [-0.4, -0.2) is 19.3 Å². The predicted molar refractivity (Wildman–Crippen MR) is 94.7 cm³/mol. The lowest BCUT2D eigenvalue weighted by molar-refractivity contribution is -0.112. The highest BCUT2D eigenvalue weighted by Gasteiger charge is 2.25. The highest BCUT2D eigenvalue weighted by Crippen LogP contribution is 2.37. The largest absolute Gasteiger partial charge is 0.460 e. The van der Waals surface area contributed by atoms with E-state index >= 15 is 0 Å². The van der Waals surface area contributed by atoms with Crippen LogP contribution in [0.25, 0.3) is 0 Å². The van der Waals surface area contributed by atoms with E-state index in [1.807, 2.05) is 37.4 Å². The van der Waals surface area contributed by atoms with Gasteiger partial charge in [0.05, 0.1) is 6.61 Å². The monoisotopic (exact) mass is 346 g/mol. The molecule has 0 aliphatic carbocycles. The normalized spacial score (nSPS) is 17.1. The van der Waals surface area contributed by atoms with E-state index < -0.39 is 6.29 Å². The molecule has 6 heteroatoms. The van der Waals surface area contributed by atoms with Crippen LogP contribution in [0.2, 0.25) is 0 Å². The Morgan fingerprint density at radius 3 is 2.83 bits per heavy atom. The quantitative estimate of drug-likeness (QED) is 0.677. The molecule has 0 fully saturated rings. The van der Waals surface area contributed by atoms with Crippen molar-refractivity contribution in [2.45, 2.75) is 18.6 Å². The van der Waals surface area contributed by atoms with E-state index in [0.29, 0.717) is 18.1 Å². The molecule has 126 valence electrons. The third-order valence-corrected chi connectivity index (χ3v) is 4.79. The molecule has 1 atom stereocenters. The van der Waals surface area contributed by atoms with Crippen molar-refractivity contribution in [3.63, 3.8) is 0 Å². The van der Waals surface area contributed by atoms with Crippen LogP contribution in [-0.2, 0) is 17.1 Å². The molecule has 0 spiro atoms. The lowest BCUT2D eigenvalue weighted by Crippen LogP contribution is -2.19. The number of rotatable bonds is 3. The van der Waals surface area contributed by atoms with Crippen LogP contribution in [0.5, 0.6) is 5.75 Å². The van der Waals surface area contributed by atoms with Crippen LogP contribution in [0.1, 0.15) is 23.0 Å². The van der Waals surface area contributed by atoms with Crippen molar-refractivity contribution in [1.82, 2.24) is 5.32 Å². The molecule has 0 bridgehead atoms. The van der Waals surface area contributed by atoms with Gasteiger partial charge in [-0.25, -0.2) is 4.39 Å². The molecule has 0 aromatic heterocycles. The fourth-order valence-electron chi connectivity index (χ4n) is 2.55. The molecule has 2 aromatic rings. The fraction of sp³-hybridized carbons (Fsp3) is 0.278. The van der Waals surface area contributed by atoms with Crippen LogP contribution in [0.15, 0.2) is 47.5 Å². The zero-order valence-electron chi connectivity index (χ0n) is 13.6. The average Bonchev–Trinajstić information content (AvgIpc) is 2.62. The first-order valence-corrected chi connectivity index (χ1v) is 8.61. The molecule has 3 rings (SSSR count). The van der Waals surface area contributed by atoms with Gasteiger partial charge in [-0.15, -0.1) is 0 Å². The minimum absolute atomic E-state index is 0.283. The van der Waals surface area contributed by atoms with E-state index in [0.717, 1.165) is 21.9 Å². The molecule has 2 aromatic carbocycles. The number of nitrogens with zero attached hydrogens (tertiary/aromatic N) is 1. The van der Waals surface area contributed by atoms with Crippen molar-refractivity contribution < 1.29 is 13.9 Å². The Bertz CT molecular complexity index is 737. The van der Waals surface area contributed by atoms with Crippen LogP contribution < -0.4 is 10.1 Å². The number of fused-ring (bicyclic) bond motifs is 1. The van der Waals surface area contributed by atoms with Gasteiger partial charge in [0.25, 0.3) is 0 Å². The van der Waals surface area contributed by atoms with Crippen molar-refractivity contribution >= 4 is 16.9 Å². The average molecular weight is 346 g/mol. The zero-order valence-corrected chi connectivity index (χ0v) is 14.4. The van der Waals surface area contributed by atoms with Crippen molar-refractivity contribution in [3.05, 3.63) is 65.0 Å². The second-order valence-corrected chi connectivity index (χ2v) is 6.26. The van der Waals surface area contributed by atoms with E-state index in [1.54, 1.807) is 7.05 Å². The van der Waals surface area contributed by atoms with Gasteiger partial charge >= 0.3 is 0 Å². The highest BCUT2D eigenvalue weighted by atomic mass is 32.2. The summed E-state index contributed by atoms with van der Waals surface area (Å²) in [6, 6.07) is 12.7. The first kappa shape index (κ1) is 16.8. The van der Waals surface area contributed by atoms with Gasteiger partial charge in [-0.1, -0.05) is 42.1 Å². The minimum atomic E-state index is -0.475. The van der Waals surface area contributed by atoms with E-state index in [1.165, 1.54) is 23.9 Å². The number of nitrogens with one attached hydrogen (secondary N) is 1. The molecule has 0 radical (unpaired) electrons. The van der Waals surface area contributed by atoms with Gasteiger partial charge in [0.15, 0.2) is 5.17 Å². The number of thioether (sulfide) groups is 1. The topological polar surface area (TPSA) is 42.9 Å². The highest BCUT2D eigenvalue weighted by molar-refractivity contribution is 8.13. The maximum atomic E-state index is 13.9. The molecule has 0 saturated carbocycles. The first-order chi connectivity index (χ1) is 11.7. The summed E-state index contributed by atoms with van der Waals surface area (Å²) in [5, 5.41) is 3.80. The number of amidine groups is 1. The molecule has 0 amide bonds. The maximum absolute atomic E-state index is 13.9. The van der Waals surface area contributed by atoms with Gasteiger partial charge in [-0.3, -0.25) is 4.99 Å². The molecule has 1 aliphatic rings. The molecule has 0 unspecified atom stereocenters. The maximum Gasteiger partial charge on any atom is 0.227 e. The van der Waals surface area contributed by atoms with E-state index in [4.69, 9.17) is 9.47 Å². The van der Waals surface area contributed by atoms with Crippen LogP contribution in [0.3, 0.4) is 0 Å². The first-order valence-electron chi connectivity index (χ1n) is 7.63. The lowest BCUT2D eigenvalue weighted by atomic mass is 10.1. The molecule has 24 heavy (non-hydrogen) atoms. The Kier molecular flexibility index (Phi) is 5.37. The Balaban J connectivity index is 1.85. The van der Waals surface area contributed by atoms with Gasteiger partial charge in [-0.05, 0) is 12.1 Å². The molecular formula is C18H19FN2O2S. The van der Waals surface area contributed by atoms with Gasteiger partial charge in [0, 0.05) is 36.5 Å². The summed E-state index contributed by atoms with van der Waals surface area (Å²) in [6.45, 7) is 0.324. The smallest absolute Gasteiger partial charge is 0.227 e. The lowest BCUT2D eigenvalue weighted by Gasteiger charge is -2.28.